The number of hydrazone groups is 1. The number of carbonyl (C=O) groups excluding carboxylic acids is 1. The number of rotatable bonds is 8. The highest BCUT2D eigenvalue weighted by atomic mass is 32.1. The molecule has 0 bridgehead atoms. The lowest BCUT2D eigenvalue weighted by Crippen LogP contribution is -2.20. The maximum atomic E-state index is 12.9. The van der Waals surface area contributed by atoms with Crippen LogP contribution < -0.4 is 14.9 Å². The molecule has 0 unspecified atom stereocenters. The molecule has 1 aliphatic heterocycles. The summed E-state index contributed by atoms with van der Waals surface area (Å²) in [6.07, 6.45) is -2.43. The number of thiophene rings is 1. The van der Waals surface area contributed by atoms with Gasteiger partial charge in [0, 0.05) is 27.3 Å². The van der Waals surface area contributed by atoms with Gasteiger partial charge in [-0.15, -0.1) is 24.5 Å². The van der Waals surface area contributed by atoms with Gasteiger partial charge >= 0.3 is 12.5 Å². The second-order valence-corrected chi connectivity index (χ2v) is 10.6. The molecule has 43 heavy (non-hydrogen) atoms. The first-order valence-electron chi connectivity index (χ1n) is 13.4. The Morgan fingerprint density at radius 2 is 1.81 bits per heavy atom. The van der Waals surface area contributed by atoms with E-state index in [-0.39, 0.29) is 24.3 Å². The zero-order valence-corrected chi connectivity index (χ0v) is 25.6. The van der Waals surface area contributed by atoms with Crippen LogP contribution in [0.2, 0.25) is 0 Å². The summed E-state index contributed by atoms with van der Waals surface area (Å²) in [5.74, 6) is 0.808. The molecule has 2 heterocycles. The van der Waals surface area contributed by atoms with Crippen LogP contribution in [-0.4, -0.2) is 38.1 Å². The predicted octanol–water partition coefficient (Wildman–Crippen LogP) is 8.51. The SMILES string of the molecule is CCC.COC(=O)N/N=C/c1cc(C)c(-c2ccc(OCC3=C(C)ON=C(c4ccccc4OC(F)(F)F)C3)cc2C)s1. The van der Waals surface area contributed by atoms with E-state index >= 15 is 0 Å². The lowest BCUT2D eigenvalue weighted by molar-refractivity contribution is -0.274. The van der Waals surface area contributed by atoms with Crippen molar-refractivity contribution in [3.05, 3.63) is 81.4 Å². The zero-order chi connectivity index (χ0) is 31.6. The number of hydrogen-bond donors (Lipinski definition) is 1. The molecule has 1 aliphatic rings. The van der Waals surface area contributed by atoms with Gasteiger partial charge in [0.1, 0.15) is 23.9 Å². The number of alkyl halides is 3. The summed E-state index contributed by atoms with van der Waals surface area (Å²) in [5.41, 5.74) is 6.59. The van der Waals surface area contributed by atoms with E-state index in [1.54, 1.807) is 19.2 Å². The van der Waals surface area contributed by atoms with Crippen molar-refractivity contribution in [3.8, 4) is 21.9 Å². The first-order chi connectivity index (χ1) is 20.4. The van der Waals surface area contributed by atoms with Crippen LogP contribution in [0, 0.1) is 13.8 Å². The fourth-order valence-corrected chi connectivity index (χ4v) is 5.08. The summed E-state index contributed by atoms with van der Waals surface area (Å²) in [4.78, 5) is 18.5. The van der Waals surface area contributed by atoms with Gasteiger partial charge in [0.25, 0.3) is 0 Å². The number of oxime groups is 1. The van der Waals surface area contributed by atoms with Gasteiger partial charge < -0.3 is 19.0 Å². The molecule has 8 nitrogen and oxygen atoms in total. The number of benzene rings is 2. The molecule has 1 aromatic heterocycles. The standard InChI is InChI=1S/C28H26F3N3O5S.C3H8/c1-16-11-20(9-10-22(16)26-17(2)12-21(40-26)14-32-33-27(35)36-4)37-15-19-13-24(34-39-18(19)3)23-7-5-6-8-25(23)38-28(29,30)31;1-3-2/h5-12,14H,13,15H2,1-4H3,(H,33,35);3H2,1-2H3/b32-14+;. The van der Waals surface area contributed by atoms with Crippen LogP contribution >= 0.6 is 11.3 Å². The number of aryl methyl sites for hydroxylation is 2. The molecule has 3 aromatic rings. The number of allylic oxidation sites excluding steroid dienone is 1. The Hall–Kier alpha value is -4.32. The van der Waals surface area contributed by atoms with Crippen LogP contribution in [-0.2, 0) is 9.57 Å². The van der Waals surface area contributed by atoms with Gasteiger partial charge in [-0.1, -0.05) is 37.6 Å². The third kappa shape index (κ3) is 9.60. The van der Waals surface area contributed by atoms with Gasteiger partial charge in [-0.05, 0) is 73.9 Å². The molecule has 230 valence electrons. The summed E-state index contributed by atoms with van der Waals surface area (Å²) in [6.45, 7) is 10.1. The highest BCUT2D eigenvalue weighted by Gasteiger charge is 2.33. The Labute approximate surface area is 252 Å². The number of hydrogen-bond acceptors (Lipinski definition) is 8. The van der Waals surface area contributed by atoms with Crippen molar-refractivity contribution in [2.75, 3.05) is 13.7 Å². The number of methoxy groups -OCH3 is 1. The van der Waals surface area contributed by atoms with E-state index in [1.807, 2.05) is 38.1 Å². The van der Waals surface area contributed by atoms with Gasteiger partial charge in [-0.25, -0.2) is 10.2 Å². The van der Waals surface area contributed by atoms with E-state index < -0.39 is 12.5 Å². The fourth-order valence-electron chi connectivity index (χ4n) is 3.95. The Kier molecular flexibility index (Phi) is 11.8. The molecule has 2 aromatic carbocycles. The number of nitrogens with one attached hydrogen (secondary N) is 1. The van der Waals surface area contributed by atoms with Crippen LogP contribution in [0.1, 0.15) is 55.2 Å². The number of nitrogens with zero attached hydrogens (tertiary/aromatic N) is 2. The molecule has 0 radical (unpaired) electrons. The lowest BCUT2D eigenvalue weighted by atomic mass is 10.0. The second-order valence-electron chi connectivity index (χ2n) is 9.50. The Morgan fingerprint density at radius 3 is 2.49 bits per heavy atom. The molecule has 0 spiro atoms. The molecule has 0 fully saturated rings. The highest BCUT2D eigenvalue weighted by molar-refractivity contribution is 7.17. The Bertz CT molecular complexity index is 1510. The van der Waals surface area contributed by atoms with Crippen LogP contribution in [0.25, 0.3) is 10.4 Å². The van der Waals surface area contributed by atoms with Crippen molar-refractivity contribution < 1.29 is 37.0 Å². The monoisotopic (exact) mass is 617 g/mol. The Morgan fingerprint density at radius 1 is 1.09 bits per heavy atom. The molecule has 0 saturated carbocycles. The zero-order valence-electron chi connectivity index (χ0n) is 24.8. The minimum atomic E-state index is -4.83. The van der Waals surface area contributed by atoms with E-state index in [0.29, 0.717) is 17.2 Å². The van der Waals surface area contributed by atoms with Gasteiger partial charge in [-0.2, -0.15) is 5.10 Å². The molecular weight excluding hydrogens is 583 g/mol. The molecule has 0 aliphatic carbocycles. The molecule has 12 heteroatoms. The van der Waals surface area contributed by atoms with E-state index in [9.17, 15) is 18.0 Å². The van der Waals surface area contributed by atoms with Crippen molar-refractivity contribution in [1.29, 1.82) is 0 Å². The lowest BCUT2D eigenvalue weighted by Gasteiger charge is -2.20. The largest absolute Gasteiger partial charge is 0.573 e. The molecule has 1 amide bonds. The maximum absolute atomic E-state index is 12.9. The average Bonchev–Trinajstić information content (AvgIpc) is 3.32. The van der Waals surface area contributed by atoms with Crippen molar-refractivity contribution in [1.82, 2.24) is 5.43 Å². The first-order valence-corrected chi connectivity index (χ1v) is 14.3. The minimum absolute atomic E-state index is 0.164. The number of halogens is 3. The second kappa shape index (κ2) is 15.2. The van der Waals surface area contributed by atoms with Crippen molar-refractivity contribution in [2.24, 2.45) is 10.3 Å². The third-order valence-corrected chi connectivity index (χ3v) is 7.13. The minimum Gasteiger partial charge on any atom is -0.489 e. The van der Waals surface area contributed by atoms with Crippen LogP contribution in [0.3, 0.4) is 0 Å². The van der Waals surface area contributed by atoms with Crippen molar-refractivity contribution >= 4 is 29.4 Å². The quantitative estimate of drug-likeness (QED) is 0.202. The number of amides is 1. The number of para-hydroxylation sites is 1. The summed E-state index contributed by atoms with van der Waals surface area (Å²) in [5, 5.41) is 7.88. The van der Waals surface area contributed by atoms with E-state index in [0.717, 1.165) is 32.0 Å². The van der Waals surface area contributed by atoms with Crippen LogP contribution in [0.15, 0.2) is 70.1 Å². The van der Waals surface area contributed by atoms with E-state index in [1.165, 1.54) is 43.1 Å². The van der Waals surface area contributed by atoms with Crippen molar-refractivity contribution in [3.63, 3.8) is 0 Å². The van der Waals surface area contributed by atoms with E-state index in [4.69, 9.17) is 9.57 Å². The third-order valence-electron chi connectivity index (χ3n) is 5.92. The highest BCUT2D eigenvalue weighted by Crippen LogP contribution is 2.36. The molecular formula is C31H34F3N3O5S. The smallest absolute Gasteiger partial charge is 0.489 e. The predicted molar refractivity (Wildman–Crippen MR) is 162 cm³/mol. The van der Waals surface area contributed by atoms with Crippen molar-refractivity contribution in [2.45, 2.75) is 53.8 Å². The first kappa shape index (κ1) is 33.2. The number of ether oxygens (including phenoxy) is 3. The van der Waals surface area contributed by atoms with Gasteiger partial charge in [0.15, 0.2) is 0 Å². The summed E-state index contributed by atoms with van der Waals surface area (Å²) >= 11 is 1.53. The average molecular weight is 618 g/mol. The summed E-state index contributed by atoms with van der Waals surface area (Å²) < 4.78 is 53.3. The summed E-state index contributed by atoms with van der Waals surface area (Å²) in [7, 11) is 1.26. The van der Waals surface area contributed by atoms with Gasteiger partial charge in [-0.3, -0.25) is 0 Å². The van der Waals surface area contributed by atoms with Crippen LogP contribution in [0.4, 0.5) is 18.0 Å². The van der Waals surface area contributed by atoms with Crippen LogP contribution in [0.5, 0.6) is 11.5 Å². The molecule has 1 N–H and O–H groups in total. The maximum Gasteiger partial charge on any atom is 0.573 e. The van der Waals surface area contributed by atoms with E-state index in [2.05, 4.69) is 39.0 Å². The molecule has 0 saturated heterocycles. The fraction of sp³-hybridized carbons (Fsp3) is 0.323. The van der Waals surface area contributed by atoms with Gasteiger partial charge in [0.2, 0.25) is 0 Å². The normalized spacial score (nSPS) is 13.1. The number of carbonyl (C=O) groups is 1. The summed E-state index contributed by atoms with van der Waals surface area (Å²) in [6, 6.07) is 13.5. The molecule has 4 rings (SSSR count). The Balaban J connectivity index is 0.00000162. The van der Waals surface area contributed by atoms with Gasteiger partial charge in [0.05, 0.1) is 19.0 Å². The topological polar surface area (TPSA) is 90.7 Å². The molecule has 0 atom stereocenters.